The maximum absolute atomic E-state index is 13.3. The average Bonchev–Trinajstić information content (AvgIpc) is 3.11. The number of aliphatic hydroxyl groups is 1. The first-order valence-electron chi connectivity index (χ1n) is 5.19. The van der Waals surface area contributed by atoms with Crippen molar-refractivity contribution in [2.75, 3.05) is 7.11 Å². The molecule has 0 radical (unpaired) electrons. The second-order valence-electron chi connectivity index (χ2n) is 4.00. The average molecular weight is 224 g/mol. The van der Waals surface area contributed by atoms with Gasteiger partial charge in [-0.05, 0) is 37.0 Å². The highest BCUT2D eigenvalue weighted by atomic mass is 19.1. The maximum Gasteiger partial charge on any atom is 0.191 e. The van der Waals surface area contributed by atoms with Crippen molar-refractivity contribution in [3.8, 4) is 5.75 Å². The highest BCUT2D eigenvalue weighted by Gasteiger charge is 2.35. The first-order chi connectivity index (χ1) is 7.63. The van der Waals surface area contributed by atoms with Crippen molar-refractivity contribution in [2.24, 2.45) is 5.92 Å². The Labute approximate surface area is 92.9 Å². The molecule has 1 fully saturated rings. The van der Waals surface area contributed by atoms with Crippen LogP contribution in [0, 0.1) is 11.7 Å². The van der Waals surface area contributed by atoms with Crippen LogP contribution in [0.3, 0.4) is 0 Å². The fraction of sp³-hybridized carbons (Fsp3) is 0.417. The molecule has 3 nitrogen and oxygen atoms in total. The van der Waals surface area contributed by atoms with Crippen LogP contribution < -0.4 is 4.74 Å². The smallest absolute Gasteiger partial charge is 0.191 e. The van der Waals surface area contributed by atoms with E-state index in [1.807, 2.05) is 0 Å². The van der Waals surface area contributed by atoms with Gasteiger partial charge < -0.3 is 9.84 Å². The van der Waals surface area contributed by atoms with Crippen LogP contribution in [0.1, 0.15) is 23.2 Å². The molecule has 0 bridgehead atoms. The number of ketones is 1. The van der Waals surface area contributed by atoms with Crippen LogP contribution in [0.25, 0.3) is 0 Å². The molecule has 16 heavy (non-hydrogen) atoms. The molecular formula is C12H13FO3. The molecule has 0 amide bonds. The minimum absolute atomic E-state index is 0.0534. The number of ether oxygens (including phenoxy) is 1. The number of hydrogen-bond acceptors (Lipinski definition) is 3. The maximum atomic E-state index is 13.3. The number of halogens is 1. The number of methoxy groups -OCH3 is 1. The third-order valence-electron chi connectivity index (χ3n) is 2.77. The lowest BCUT2D eigenvalue weighted by atomic mass is 10.0. The lowest BCUT2D eigenvalue weighted by molar-refractivity contribution is 0.0703. The van der Waals surface area contributed by atoms with Gasteiger partial charge in [0.25, 0.3) is 0 Å². The van der Waals surface area contributed by atoms with E-state index < -0.39 is 17.7 Å². The molecule has 1 saturated carbocycles. The molecule has 1 aromatic rings. The molecule has 86 valence electrons. The number of rotatable bonds is 4. The summed E-state index contributed by atoms with van der Waals surface area (Å²) in [6, 6.07) is 3.96. The molecule has 0 spiro atoms. The second kappa shape index (κ2) is 4.22. The van der Waals surface area contributed by atoms with E-state index in [9.17, 15) is 14.3 Å². The minimum Gasteiger partial charge on any atom is -0.494 e. The Morgan fingerprint density at radius 1 is 1.56 bits per heavy atom. The van der Waals surface area contributed by atoms with Crippen LogP contribution in [0.2, 0.25) is 0 Å². The molecule has 0 heterocycles. The molecule has 0 aromatic heterocycles. The van der Waals surface area contributed by atoms with Gasteiger partial charge in [-0.1, -0.05) is 0 Å². The highest BCUT2D eigenvalue weighted by Crippen LogP contribution is 2.34. The van der Waals surface area contributed by atoms with Gasteiger partial charge in [-0.2, -0.15) is 0 Å². The van der Waals surface area contributed by atoms with Gasteiger partial charge in [0.1, 0.15) is 6.10 Å². The Balaban J connectivity index is 2.20. The van der Waals surface area contributed by atoms with Gasteiger partial charge in [-0.15, -0.1) is 0 Å². The first kappa shape index (κ1) is 11.1. The van der Waals surface area contributed by atoms with Gasteiger partial charge in [0.15, 0.2) is 17.3 Å². The van der Waals surface area contributed by atoms with Gasteiger partial charge in [0.05, 0.1) is 7.11 Å². The quantitative estimate of drug-likeness (QED) is 0.793. The van der Waals surface area contributed by atoms with Gasteiger partial charge in [0.2, 0.25) is 0 Å². The largest absolute Gasteiger partial charge is 0.494 e. The lowest BCUT2D eigenvalue weighted by Crippen LogP contribution is -2.22. The fourth-order valence-electron chi connectivity index (χ4n) is 1.62. The Bertz CT molecular complexity index is 413. The number of Topliss-reactive ketones (excluding diaryl/α,β-unsaturated/α-hetero) is 1. The van der Waals surface area contributed by atoms with Gasteiger partial charge in [-0.3, -0.25) is 4.79 Å². The molecule has 0 saturated heterocycles. The van der Waals surface area contributed by atoms with E-state index in [2.05, 4.69) is 0 Å². The van der Waals surface area contributed by atoms with Crippen molar-refractivity contribution in [3.63, 3.8) is 0 Å². The summed E-state index contributed by atoms with van der Waals surface area (Å²) in [7, 11) is 1.36. The monoisotopic (exact) mass is 224 g/mol. The summed E-state index contributed by atoms with van der Waals surface area (Å²) >= 11 is 0. The zero-order valence-electron chi connectivity index (χ0n) is 8.94. The Kier molecular flexibility index (Phi) is 2.92. The second-order valence-corrected chi connectivity index (χ2v) is 4.00. The van der Waals surface area contributed by atoms with Crippen LogP contribution in [-0.4, -0.2) is 24.1 Å². The van der Waals surface area contributed by atoms with Crippen LogP contribution in [0.15, 0.2) is 18.2 Å². The van der Waals surface area contributed by atoms with Crippen molar-refractivity contribution >= 4 is 5.78 Å². The predicted molar refractivity (Wildman–Crippen MR) is 56.0 cm³/mol. The summed E-state index contributed by atoms with van der Waals surface area (Å²) in [6.07, 6.45) is 0.740. The summed E-state index contributed by atoms with van der Waals surface area (Å²) in [5.41, 5.74) is 0.192. The SMILES string of the molecule is COc1ccc(C(=O)C(O)C2CC2)cc1F. The fourth-order valence-corrected chi connectivity index (χ4v) is 1.62. The Hall–Kier alpha value is -1.42. The number of benzene rings is 1. The molecule has 1 aliphatic carbocycles. The third kappa shape index (κ3) is 2.07. The van der Waals surface area contributed by atoms with Crippen molar-refractivity contribution in [2.45, 2.75) is 18.9 Å². The summed E-state index contributed by atoms with van der Waals surface area (Å²) < 4.78 is 18.1. The van der Waals surface area contributed by atoms with Crippen molar-refractivity contribution in [1.29, 1.82) is 0 Å². The zero-order valence-corrected chi connectivity index (χ0v) is 8.94. The summed E-state index contributed by atoms with van der Waals surface area (Å²) in [4.78, 5) is 11.7. The number of carbonyl (C=O) groups excluding carboxylic acids is 1. The number of carbonyl (C=O) groups is 1. The van der Waals surface area contributed by atoms with Crippen LogP contribution in [0.4, 0.5) is 4.39 Å². The Morgan fingerprint density at radius 3 is 2.75 bits per heavy atom. The highest BCUT2D eigenvalue weighted by molar-refractivity contribution is 5.99. The summed E-state index contributed by atoms with van der Waals surface area (Å²) in [5, 5.41) is 9.63. The lowest BCUT2D eigenvalue weighted by Gasteiger charge is -2.09. The third-order valence-corrected chi connectivity index (χ3v) is 2.77. The van der Waals surface area contributed by atoms with E-state index in [4.69, 9.17) is 4.74 Å². The van der Waals surface area contributed by atoms with Crippen LogP contribution in [0.5, 0.6) is 5.75 Å². The van der Waals surface area contributed by atoms with Crippen molar-refractivity contribution in [1.82, 2.24) is 0 Å². The van der Waals surface area contributed by atoms with Crippen molar-refractivity contribution in [3.05, 3.63) is 29.6 Å². The van der Waals surface area contributed by atoms with E-state index in [1.54, 1.807) is 0 Å². The van der Waals surface area contributed by atoms with Gasteiger partial charge in [0, 0.05) is 5.56 Å². The molecular weight excluding hydrogens is 211 g/mol. The van der Waals surface area contributed by atoms with Crippen molar-refractivity contribution < 1.29 is 19.0 Å². The standard InChI is InChI=1S/C12H13FO3/c1-16-10-5-4-8(6-9(10)13)12(15)11(14)7-2-3-7/h4-7,11,14H,2-3H2,1H3. The van der Waals surface area contributed by atoms with E-state index in [-0.39, 0.29) is 17.2 Å². The van der Waals surface area contributed by atoms with Crippen LogP contribution in [-0.2, 0) is 0 Å². The number of hydrogen-bond donors (Lipinski definition) is 1. The molecule has 0 aliphatic heterocycles. The topological polar surface area (TPSA) is 46.5 Å². The predicted octanol–water partition coefficient (Wildman–Crippen LogP) is 1.79. The summed E-state index contributed by atoms with van der Waals surface area (Å²) in [5.74, 6) is -0.851. The van der Waals surface area contributed by atoms with Gasteiger partial charge >= 0.3 is 0 Å². The van der Waals surface area contributed by atoms with E-state index in [0.717, 1.165) is 18.9 Å². The first-order valence-corrected chi connectivity index (χ1v) is 5.19. The molecule has 1 aromatic carbocycles. The zero-order chi connectivity index (χ0) is 11.7. The minimum atomic E-state index is -0.993. The molecule has 4 heteroatoms. The van der Waals surface area contributed by atoms with E-state index >= 15 is 0 Å². The molecule has 1 atom stereocenters. The molecule has 2 rings (SSSR count). The van der Waals surface area contributed by atoms with E-state index in [0.29, 0.717) is 0 Å². The molecule has 1 aliphatic rings. The van der Waals surface area contributed by atoms with Gasteiger partial charge in [-0.25, -0.2) is 4.39 Å². The van der Waals surface area contributed by atoms with E-state index in [1.165, 1.54) is 19.2 Å². The molecule has 1 unspecified atom stereocenters. The Morgan fingerprint density at radius 2 is 2.25 bits per heavy atom. The normalized spacial score (nSPS) is 16.9. The van der Waals surface area contributed by atoms with Crippen LogP contribution >= 0.6 is 0 Å². The number of aliphatic hydroxyl groups excluding tert-OH is 1. The molecule has 1 N–H and O–H groups in total. The summed E-state index contributed by atoms with van der Waals surface area (Å²) in [6.45, 7) is 0.